The Morgan fingerprint density at radius 1 is 1.43 bits per heavy atom. The van der Waals surface area contributed by atoms with Gasteiger partial charge in [-0.3, -0.25) is 4.79 Å². The van der Waals surface area contributed by atoms with E-state index in [1.54, 1.807) is 26.0 Å². The Bertz CT molecular complexity index is 455. The quantitative estimate of drug-likeness (QED) is 0.641. The molecular weight excluding hydrogens is 266 g/mol. The summed E-state index contributed by atoms with van der Waals surface area (Å²) in [5.74, 6) is -0.0140. The van der Waals surface area contributed by atoms with Crippen molar-refractivity contribution in [2.24, 2.45) is 0 Å². The van der Waals surface area contributed by atoms with Gasteiger partial charge in [-0.2, -0.15) is 0 Å². The van der Waals surface area contributed by atoms with Crippen LogP contribution < -0.4 is 11.1 Å². The molecular formula is C16H27N3O2. The number of amides is 1. The van der Waals surface area contributed by atoms with E-state index in [1.165, 1.54) is 0 Å². The maximum absolute atomic E-state index is 11.9. The van der Waals surface area contributed by atoms with Crippen LogP contribution in [0.3, 0.4) is 0 Å². The molecule has 0 heterocycles. The summed E-state index contributed by atoms with van der Waals surface area (Å²) in [5.41, 5.74) is 6.32. The number of nitrogens with one attached hydrogen (secondary N) is 1. The monoisotopic (exact) mass is 293 g/mol. The van der Waals surface area contributed by atoms with E-state index in [0.29, 0.717) is 18.7 Å². The molecule has 1 rings (SSSR count). The van der Waals surface area contributed by atoms with Gasteiger partial charge in [-0.1, -0.05) is 13.0 Å². The number of hydrogen-bond donors (Lipinski definition) is 3. The first-order valence-corrected chi connectivity index (χ1v) is 7.40. The second kappa shape index (κ2) is 8.00. The van der Waals surface area contributed by atoms with Crippen LogP contribution >= 0.6 is 0 Å². The number of carbonyl (C=O) groups excluding carboxylic acids is 1. The Morgan fingerprint density at radius 2 is 2.14 bits per heavy atom. The molecule has 0 radical (unpaired) electrons. The number of likely N-dealkylation sites (N-methyl/N-ethyl adjacent to an activating group) is 1. The third kappa shape index (κ3) is 7.68. The van der Waals surface area contributed by atoms with Crippen LogP contribution in [0.1, 0.15) is 33.6 Å². The zero-order valence-corrected chi connectivity index (χ0v) is 13.2. The lowest BCUT2D eigenvalue weighted by Crippen LogP contribution is -2.39. The molecule has 1 aromatic carbocycles. The van der Waals surface area contributed by atoms with Crippen molar-refractivity contribution < 1.29 is 9.90 Å². The predicted molar refractivity (Wildman–Crippen MR) is 87.1 cm³/mol. The van der Waals surface area contributed by atoms with Crippen LogP contribution in [0.5, 0.6) is 0 Å². The molecule has 118 valence electrons. The van der Waals surface area contributed by atoms with Gasteiger partial charge in [0.25, 0.3) is 0 Å². The average molecular weight is 293 g/mol. The molecule has 1 aromatic rings. The highest BCUT2D eigenvalue weighted by molar-refractivity contribution is 5.91. The Labute approximate surface area is 127 Å². The summed E-state index contributed by atoms with van der Waals surface area (Å²) in [7, 11) is 0. The van der Waals surface area contributed by atoms with Gasteiger partial charge in [0, 0.05) is 24.3 Å². The lowest BCUT2D eigenvalue weighted by Gasteiger charge is -2.27. The van der Waals surface area contributed by atoms with Gasteiger partial charge >= 0.3 is 0 Å². The van der Waals surface area contributed by atoms with Gasteiger partial charge in [-0.25, -0.2) is 0 Å². The largest absolute Gasteiger partial charge is 0.399 e. The molecule has 0 spiro atoms. The number of carbonyl (C=O) groups is 1. The highest BCUT2D eigenvalue weighted by atomic mass is 16.3. The molecule has 1 amide bonds. The van der Waals surface area contributed by atoms with Crippen molar-refractivity contribution in [2.75, 3.05) is 30.7 Å². The molecule has 0 saturated heterocycles. The van der Waals surface area contributed by atoms with Crippen LogP contribution in [-0.2, 0) is 4.79 Å². The number of anilines is 2. The summed E-state index contributed by atoms with van der Waals surface area (Å²) < 4.78 is 0. The second-order valence-corrected chi connectivity index (χ2v) is 5.96. The van der Waals surface area contributed by atoms with Crippen LogP contribution in [0.15, 0.2) is 24.3 Å². The molecule has 0 atom stereocenters. The molecule has 0 aliphatic rings. The van der Waals surface area contributed by atoms with E-state index in [-0.39, 0.29) is 5.91 Å². The van der Waals surface area contributed by atoms with Crippen molar-refractivity contribution in [3.05, 3.63) is 24.3 Å². The van der Waals surface area contributed by atoms with Gasteiger partial charge in [0.15, 0.2) is 0 Å². The molecule has 21 heavy (non-hydrogen) atoms. The van der Waals surface area contributed by atoms with Gasteiger partial charge in [0.2, 0.25) is 5.91 Å². The number of nitrogens with two attached hydrogens (primary N) is 1. The van der Waals surface area contributed by atoms with Crippen LogP contribution in [0.4, 0.5) is 11.4 Å². The fourth-order valence-corrected chi connectivity index (χ4v) is 2.20. The Kier molecular flexibility index (Phi) is 6.65. The number of rotatable bonds is 8. The number of benzene rings is 1. The average Bonchev–Trinajstić information content (AvgIpc) is 2.36. The zero-order valence-electron chi connectivity index (χ0n) is 13.2. The third-order valence-electron chi connectivity index (χ3n) is 3.11. The van der Waals surface area contributed by atoms with E-state index in [1.807, 2.05) is 12.1 Å². The van der Waals surface area contributed by atoms with Crippen LogP contribution in [-0.4, -0.2) is 41.1 Å². The maximum atomic E-state index is 11.9. The lowest BCUT2D eigenvalue weighted by atomic mass is 10.1. The molecule has 0 saturated carbocycles. The summed E-state index contributed by atoms with van der Waals surface area (Å²) >= 11 is 0. The van der Waals surface area contributed by atoms with Crippen molar-refractivity contribution in [3.63, 3.8) is 0 Å². The number of aliphatic hydroxyl groups is 1. The second-order valence-electron chi connectivity index (χ2n) is 5.96. The van der Waals surface area contributed by atoms with E-state index >= 15 is 0 Å². The normalized spacial score (nSPS) is 11.7. The molecule has 5 heteroatoms. The first-order chi connectivity index (χ1) is 9.80. The summed E-state index contributed by atoms with van der Waals surface area (Å²) in [6.45, 7) is 7.91. The van der Waals surface area contributed by atoms with Crippen molar-refractivity contribution in [1.82, 2.24) is 4.90 Å². The number of nitrogen functional groups attached to an aromatic ring is 1. The van der Waals surface area contributed by atoms with Crippen molar-refractivity contribution in [1.29, 1.82) is 0 Å². The Balaban J connectivity index is 2.32. The van der Waals surface area contributed by atoms with Gasteiger partial charge in [-0.15, -0.1) is 0 Å². The molecule has 0 aliphatic carbocycles. The minimum Gasteiger partial charge on any atom is -0.399 e. The lowest BCUT2D eigenvalue weighted by molar-refractivity contribution is -0.116. The number of hydrogen-bond acceptors (Lipinski definition) is 4. The zero-order chi connectivity index (χ0) is 15.9. The first kappa shape index (κ1) is 17.5. The Morgan fingerprint density at radius 3 is 2.71 bits per heavy atom. The van der Waals surface area contributed by atoms with Crippen LogP contribution in [0.25, 0.3) is 0 Å². The van der Waals surface area contributed by atoms with Crippen molar-refractivity contribution in [3.8, 4) is 0 Å². The van der Waals surface area contributed by atoms with Gasteiger partial charge in [-0.05, 0) is 51.6 Å². The summed E-state index contributed by atoms with van der Waals surface area (Å²) in [4.78, 5) is 14.0. The molecule has 0 fully saturated rings. The summed E-state index contributed by atoms with van der Waals surface area (Å²) in [5, 5.41) is 12.7. The maximum Gasteiger partial charge on any atom is 0.224 e. The Hall–Kier alpha value is -1.59. The van der Waals surface area contributed by atoms with Crippen molar-refractivity contribution in [2.45, 2.75) is 39.2 Å². The van der Waals surface area contributed by atoms with Gasteiger partial charge < -0.3 is 21.1 Å². The molecule has 0 aromatic heterocycles. The van der Waals surface area contributed by atoms with Crippen LogP contribution in [0, 0.1) is 0 Å². The molecule has 0 aliphatic heterocycles. The molecule has 5 nitrogen and oxygen atoms in total. The SMILES string of the molecule is CCN(CCCC(=O)Nc1cccc(N)c1)CC(C)(C)O. The molecule has 4 N–H and O–H groups in total. The minimum atomic E-state index is -0.708. The highest BCUT2D eigenvalue weighted by Gasteiger charge is 2.17. The highest BCUT2D eigenvalue weighted by Crippen LogP contribution is 2.12. The van der Waals surface area contributed by atoms with E-state index in [0.717, 1.165) is 25.2 Å². The number of nitrogens with zero attached hydrogens (tertiary/aromatic N) is 1. The third-order valence-corrected chi connectivity index (χ3v) is 3.11. The van der Waals surface area contributed by atoms with E-state index in [2.05, 4.69) is 17.1 Å². The first-order valence-electron chi connectivity index (χ1n) is 7.40. The van der Waals surface area contributed by atoms with Gasteiger partial charge in [0.1, 0.15) is 0 Å². The minimum absolute atomic E-state index is 0.0140. The van der Waals surface area contributed by atoms with Crippen LogP contribution in [0.2, 0.25) is 0 Å². The van der Waals surface area contributed by atoms with Gasteiger partial charge in [0.05, 0.1) is 5.60 Å². The fourth-order valence-electron chi connectivity index (χ4n) is 2.20. The van der Waals surface area contributed by atoms with E-state index in [9.17, 15) is 9.90 Å². The molecule has 0 bridgehead atoms. The van der Waals surface area contributed by atoms with E-state index in [4.69, 9.17) is 5.73 Å². The summed E-state index contributed by atoms with van der Waals surface area (Å²) in [6, 6.07) is 7.16. The van der Waals surface area contributed by atoms with E-state index < -0.39 is 5.60 Å². The molecule has 0 unspecified atom stereocenters. The van der Waals surface area contributed by atoms with Crippen molar-refractivity contribution >= 4 is 17.3 Å². The summed E-state index contributed by atoms with van der Waals surface area (Å²) in [6.07, 6.45) is 1.22. The predicted octanol–water partition coefficient (Wildman–Crippen LogP) is 2.08. The smallest absolute Gasteiger partial charge is 0.224 e. The fraction of sp³-hybridized carbons (Fsp3) is 0.562. The standard InChI is InChI=1S/C16H27N3O2/c1-4-19(12-16(2,3)21)10-6-9-15(20)18-14-8-5-7-13(17)11-14/h5,7-8,11,21H,4,6,9-10,12,17H2,1-3H3,(H,18,20). The topological polar surface area (TPSA) is 78.6 Å².